The molecular formula is C28H31F2N3O2. The highest BCUT2D eigenvalue weighted by molar-refractivity contribution is 5.63. The Kier molecular flexibility index (Phi) is 7.66. The van der Waals surface area contributed by atoms with Gasteiger partial charge in [-0.15, -0.1) is 0 Å². The monoisotopic (exact) mass is 479 g/mol. The van der Waals surface area contributed by atoms with Crippen LogP contribution < -0.4 is 4.74 Å². The predicted octanol–water partition coefficient (Wildman–Crippen LogP) is 6.24. The summed E-state index contributed by atoms with van der Waals surface area (Å²) in [6.45, 7) is 7.54. The van der Waals surface area contributed by atoms with E-state index in [-0.39, 0.29) is 6.04 Å². The van der Waals surface area contributed by atoms with E-state index in [2.05, 4.69) is 22.5 Å². The molecule has 2 aromatic carbocycles. The molecular weight excluding hydrogens is 448 g/mol. The van der Waals surface area contributed by atoms with Gasteiger partial charge in [0, 0.05) is 38.2 Å². The van der Waals surface area contributed by atoms with Crippen molar-refractivity contribution in [1.82, 2.24) is 14.5 Å². The number of methoxy groups -OCH3 is 2. The first kappa shape index (κ1) is 24.7. The Morgan fingerprint density at radius 3 is 2.57 bits per heavy atom. The summed E-state index contributed by atoms with van der Waals surface area (Å²) in [5.41, 5.74) is 5.36. The van der Waals surface area contributed by atoms with E-state index in [1.165, 1.54) is 12.1 Å². The molecule has 1 saturated heterocycles. The van der Waals surface area contributed by atoms with Crippen LogP contribution in [0.1, 0.15) is 42.1 Å². The van der Waals surface area contributed by atoms with Crippen LogP contribution in [0.15, 0.2) is 66.8 Å². The van der Waals surface area contributed by atoms with Gasteiger partial charge < -0.3 is 18.9 Å². The fourth-order valence-corrected chi connectivity index (χ4v) is 4.65. The highest BCUT2D eigenvalue weighted by atomic mass is 19.1. The molecule has 0 spiro atoms. The van der Waals surface area contributed by atoms with Crippen LogP contribution in [0, 0.1) is 18.6 Å². The lowest BCUT2D eigenvalue weighted by Crippen LogP contribution is -2.33. The summed E-state index contributed by atoms with van der Waals surface area (Å²) >= 11 is 0. The van der Waals surface area contributed by atoms with Gasteiger partial charge in [-0.1, -0.05) is 12.6 Å². The third-order valence-corrected chi connectivity index (χ3v) is 6.34. The van der Waals surface area contributed by atoms with E-state index in [9.17, 15) is 8.78 Å². The molecule has 5 nitrogen and oxygen atoms in total. The SMILES string of the molecule is C=C1/C(=C/c2ccc(-n3cnc(C)c3)c(OC)c2)CCCN1[C@H](CCOC)c1cc(F)cc(F)c1. The van der Waals surface area contributed by atoms with E-state index in [0.29, 0.717) is 18.6 Å². The first-order valence-electron chi connectivity index (χ1n) is 11.7. The Labute approximate surface area is 205 Å². The maximum absolute atomic E-state index is 14.0. The summed E-state index contributed by atoms with van der Waals surface area (Å²) in [6.07, 6.45) is 8.20. The number of halogens is 2. The summed E-state index contributed by atoms with van der Waals surface area (Å²) in [6, 6.07) is 9.50. The van der Waals surface area contributed by atoms with Crippen molar-refractivity contribution in [2.75, 3.05) is 27.4 Å². The zero-order valence-corrected chi connectivity index (χ0v) is 20.4. The van der Waals surface area contributed by atoms with Gasteiger partial charge in [-0.3, -0.25) is 0 Å². The highest BCUT2D eigenvalue weighted by Crippen LogP contribution is 2.37. The minimum absolute atomic E-state index is 0.238. The Hall–Kier alpha value is -3.45. The van der Waals surface area contributed by atoms with Crippen molar-refractivity contribution in [3.8, 4) is 11.4 Å². The number of hydrogen-bond donors (Lipinski definition) is 0. The van der Waals surface area contributed by atoms with Gasteiger partial charge in [-0.25, -0.2) is 13.8 Å². The van der Waals surface area contributed by atoms with E-state index >= 15 is 0 Å². The number of aromatic nitrogens is 2. The smallest absolute Gasteiger partial charge is 0.143 e. The van der Waals surface area contributed by atoms with Crippen LogP contribution in [0.2, 0.25) is 0 Å². The highest BCUT2D eigenvalue weighted by Gasteiger charge is 2.27. The molecule has 1 aliphatic rings. The van der Waals surface area contributed by atoms with Crippen molar-refractivity contribution in [3.05, 3.63) is 95.2 Å². The molecule has 0 bridgehead atoms. The second-order valence-corrected chi connectivity index (χ2v) is 8.77. The second-order valence-electron chi connectivity index (χ2n) is 8.77. The van der Waals surface area contributed by atoms with Gasteiger partial charge in [0.15, 0.2) is 0 Å². The van der Waals surface area contributed by atoms with Crippen LogP contribution in [0.3, 0.4) is 0 Å². The molecule has 1 aromatic heterocycles. The number of benzene rings is 2. The average molecular weight is 480 g/mol. The number of allylic oxidation sites excluding steroid dienone is 1. The number of nitrogens with zero attached hydrogens (tertiary/aromatic N) is 3. The van der Waals surface area contributed by atoms with E-state index in [4.69, 9.17) is 9.47 Å². The quantitative estimate of drug-likeness (QED) is 0.384. The number of rotatable bonds is 8. The van der Waals surface area contributed by atoms with E-state index < -0.39 is 11.6 Å². The lowest BCUT2D eigenvalue weighted by Gasteiger charge is -2.39. The van der Waals surface area contributed by atoms with E-state index in [1.54, 1.807) is 20.5 Å². The topological polar surface area (TPSA) is 39.5 Å². The lowest BCUT2D eigenvalue weighted by atomic mass is 9.93. The van der Waals surface area contributed by atoms with E-state index in [1.807, 2.05) is 35.9 Å². The van der Waals surface area contributed by atoms with Gasteiger partial charge in [0.1, 0.15) is 17.4 Å². The average Bonchev–Trinajstić information content (AvgIpc) is 3.26. The maximum atomic E-state index is 14.0. The molecule has 35 heavy (non-hydrogen) atoms. The molecule has 7 heteroatoms. The molecule has 2 heterocycles. The van der Waals surface area contributed by atoms with Crippen molar-refractivity contribution in [2.45, 2.75) is 32.2 Å². The minimum Gasteiger partial charge on any atom is -0.495 e. The van der Waals surface area contributed by atoms with Gasteiger partial charge in [0.05, 0.1) is 30.9 Å². The summed E-state index contributed by atoms with van der Waals surface area (Å²) in [4.78, 5) is 6.44. The van der Waals surface area contributed by atoms with Crippen molar-refractivity contribution in [1.29, 1.82) is 0 Å². The van der Waals surface area contributed by atoms with Crippen molar-refractivity contribution < 1.29 is 18.3 Å². The summed E-state index contributed by atoms with van der Waals surface area (Å²) in [5.74, 6) is -0.426. The predicted molar refractivity (Wildman–Crippen MR) is 134 cm³/mol. The molecule has 184 valence electrons. The zero-order chi connectivity index (χ0) is 24.9. The van der Waals surface area contributed by atoms with Crippen LogP contribution in [-0.4, -0.2) is 41.8 Å². The standard InChI is InChI=1S/C28H31F2N3O2/c1-19-17-32(18-31-19)27-8-7-21(13-28(27)35-4)12-22-6-5-10-33(20(22)2)26(9-11-34-3)23-14-24(29)16-25(30)15-23/h7-8,12-18,26H,2,5-6,9-11H2,1,3-4H3/b22-12+/t26-/m1/s1. The molecule has 3 aromatic rings. The molecule has 0 aliphatic carbocycles. The molecule has 0 amide bonds. The van der Waals surface area contributed by atoms with Crippen molar-refractivity contribution in [2.24, 2.45) is 0 Å². The van der Waals surface area contributed by atoms with Crippen LogP contribution in [0.5, 0.6) is 5.75 Å². The second kappa shape index (κ2) is 10.9. The molecule has 4 rings (SSSR count). The van der Waals surface area contributed by atoms with Gasteiger partial charge in [-0.05, 0) is 73.2 Å². The Morgan fingerprint density at radius 1 is 1.14 bits per heavy atom. The van der Waals surface area contributed by atoms with Crippen LogP contribution in [-0.2, 0) is 4.74 Å². The first-order chi connectivity index (χ1) is 16.9. The third-order valence-electron chi connectivity index (χ3n) is 6.34. The van der Waals surface area contributed by atoms with Crippen LogP contribution >= 0.6 is 0 Å². The number of aryl methyl sites for hydroxylation is 1. The molecule has 1 fully saturated rings. The molecule has 1 atom stereocenters. The number of imidazole rings is 1. The van der Waals surface area contributed by atoms with Gasteiger partial charge in [0.2, 0.25) is 0 Å². The molecule has 0 saturated carbocycles. The number of piperidine rings is 1. The normalized spacial score (nSPS) is 16.1. The fourth-order valence-electron chi connectivity index (χ4n) is 4.65. The number of hydrogen-bond acceptors (Lipinski definition) is 4. The summed E-state index contributed by atoms with van der Waals surface area (Å²) in [7, 11) is 3.28. The number of ether oxygens (including phenoxy) is 2. The Morgan fingerprint density at radius 2 is 1.91 bits per heavy atom. The van der Waals surface area contributed by atoms with Gasteiger partial charge >= 0.3 is 0 Å². The van der Waals surface area contributed by atoms with Gasteiger partial charge in [-0.2, -0.15) is 0 Å². The number of likely N-dealkylation sites (tertiary alicyclic amines) is 1. The van der Waals surface area contributed by atoms with Crippen LogP contribution in [0.4, 0.5) is 8.78 Å². The Bertz CT molecular complexity index is 1210. The first-order valence-corrected chi connectivity index (χ1v) is 11.7. The summed E-state index contributed by atoms with van der Waals surface area (Å²) in [5, 5.41) is 0. The molecule has 1 aliphatic heterocycles. The summed E-state index contributed by atoms with van der Waals surface area (Å²) < 4.78 is 40.9. The van der Waals surface area contributed by atoms with Crippen molar-refractivity contribution in [3.63, 3.8) is 0 Å². The largest absolute Gasteiger partial charge is 0.495 e. The Balaban J connectivity index is 1.63. The molecule has 0 N–H and O–H groups in total. The lowest BCUT2D eigenvalue weighted by molar-refractivity contribution is 0.146. The molecule has 0 radical (unpaired) electrons. The third kappa shape index (κ3) is 5.62. The minimum atomic E-state index is -0.582. The van der Waals surface area contributed by atoms with Crippen LogP contribution in [0.25, 0.3) is 11.8 Å². The molecule has 0 unspecified atom stereocenters. The fraction of sp³-hybridized carbons (Fsp3) is 0.321. The van der Waals surface area contributed by atoms with Gasteiger partial charge in [0.25, 0.3) is 0 Å². The zero-order valence-electron chi connectivity index (χ0n) is 20.4. The maximum Gasteiger partial charge on any atom is 0.143 e. The van der Waals surface area contributed by atoms with E-state index in [0.717, 1.165) is 59.4 Å². The van der Waals surface area contributed by atoms with Crippen molar-refractivity contribution >= 4 is 6.08 Å².